The van der Waals surface area contributed by atoms with E-state index in [1.807, 2.05) is 0 Å². The number of aromatic nitrogens is 2. The predicted molar refractivity (Wildman–Crippen MR) is 57.2 cm³/mol. The average molecular weight is 234 g/mol. The molecule has 78 valence electrons. The van der Waals surface area contributed by atoms with Crippen molar-refractivity contribution in [2.24, 2.45) is 0 Å². The summed E-state index contributed by atoms with van der Waals surface area (Å²) in [5, 5.41) is 9.02. The van der Waals surface area contributed by atoms with Crippen LogP contribution >= 0.6 is 11.6 Å². The molecule has 0 unspecified atom stereocenters. The van der Waals surface area contributed by atoms with Crippen molar-refractivity contribution >= 4 is 11.6 Å². The van der Waals surface area contributed by atoms with Crippen molar-refractivity contribution in [2.75, 3.05) is 0 Å². The Hall–Kier alpha value is -1.99. The van der Waals surface area contributed by atoms with E-state index in [0.29, 0.717) is 10.6 Å². The summed E-state index contributed by atoms with van der Waals surface area (Å²) in [7, 11) is 0. The molecule has 3 nitrogen and oxygen atoms in total. The number of halogens is 2. The molecule has 1 heterocycles. The second-order valence-corrected chi connectivity index (χ2v) is 3.38. The number of benzene rings is 1. The third-order valence-electron chi connectivity index (χ3n) is 2.02. The lowest BCUT2D eigenvalue weighted by Crippen LogP contribution is -1.96. The first-order valence-corrected chi connectivity index (χ1v) is 4.77. The van der Waals surface area contributed by atoms with E-state index in [9.17, 15) is 4.39 Å². The van der Waals surface area contributed by atoms with Gasteiger partial charge < -0.3 is 0 Å². The maximum absolute atomic E-state index is 13.7. The Balaban J connectivity index is 2.67. The third-order valence-corrected chi connectivity index (χ3v) is 2.35. The smallest absolute Gasteiger partial charge is 0.185 e. The monoisotopic (exact) mass is 233 g/mol. The van der Waals surface area contributed by atoms with E-state index in [0.717, 1.165) is 6.33 Å². The van der Waals surface area contributed by atoms with Gasteiger partial charge in [-0.15, -0.1) is 0 Å². The molecule has 0 spiro atoms. The van der Waals surface area contributed by atoms with Gasteiger partial charge in [0.05, 0.1) is 5.02 Å². The highest BCUT2D eigenvalue weighted by atomic mass is 35.5. The Kier molecular flexibility index (Phi) is 2.80. The summed E-state index contributed by atoms with van der Waals surface area (Å²) in [6.45, 7) is 0. The van der Waals surface area contributed by atoms with Gasteiger partial charge in [0.25, 0.3) is 0 Å². The number of nitrogens with zero attached hydrogens (tertiary/aromatic N) is 3. The Morgan fingerprint density at radius 3 is 2.69 bits per heavy atom. The standard InChI is InChI=1S/C11H5ClFN3/c12-8-4-2-1-3-7(8)11-10(13)9(5-14)15-6-16-11/h1-4,6H. The van der Waals surface area contributed by atoms with Gasteiger partial charge in [-0.2, -0.15) is 5.26 Å². The molecule has 16 heavy (non-hydrogen) atoms. The lowest BCUT2D eigenvalue weighted by molar-refractivity contribution is 0.613. The summed E-state index contributed by atoms with van der Waals surface area (Å²) in [6.07, 6.45) is 1.14. The second-order valence-electron chi connectivity index (χ2n) is 2.98. The molecule has 2 aromatic rings. The first-order valence-electron chi connectivity index (χ1n) is 4.39. The predicted octanol–water partition coefficient (Wildman–Crippen LogP) is 2.81. The Morgan fingerprint density at radius 2 is 2.00 bits per heavy atom. The van der Waals surface area contributed by atoms with Crippen molar-refractivity contribution in [1.29, 1.82) is 5.26 Å². The molecule has 0 aliphatic carbocycles. The summed E-state index contributed by atoms with van der Waals surface area (Å²) >= 11 is 5.92. The second kappa shape index (κ2) is 4.25. The fourth-order valence-electron chi connectivity index (χ4n) is 1.29. The fraction of sp³-hybridized carbons (Fsp3) is 0. The Bertz CT molecular complexity index is 578. The van der Waals surface area contributed by atoms with E-state index >= 15 is 0 Å². The van der Waals surface area contributed by atoms with Crippen LogP contribution in [0.4, 0.5) is 4.39 Å². The lowest BCUT2D eigenvalue weighted by atomic mass is 10.1. The minimum absolute atomic E-state index is 0.0390. The normalized spacial score (nSPS) is 9.81. The molecule has 0 N–H and O–H groups in total. The van der Waals surface area contributed by atoms with Crippen LogP contribution in [0.3, 0.4) is 0 Å². The molecule has 0 radical (unpaired) electrons. The van der Waals surface area contributed by atoms with Crippen LogP contribution in [0.1, 0.15) is 5.69 Å². The van der Waals surface area contributed by atoms with E-state index in [1.165, 1.54) is 0 Å². The molecular formula is C11H5ClFN3. The van der Waals surface area contributed by atoms with Crippen LogP contribution in [0.25, 0.3) is 11.3 Å². The zero-order valence-electron chi connectivity index (χ0n) is 7.98. The molecular weight excluding hydrogens is 229 g/mol. The van der Waals surface area contributed by atoms with Crippen LogP contribution in [-0.2, 0) is 0 Å². The van der Waals surface area contributed by atoms with Gasteiger partial charge in [0.15, 0.2) is 11.5 Å². The average Bonchev–Trinajstić information content (AvgIpc) is 2.31. The van der Waals surface area contributed by atoms with E-state index < -0.39 is 5.82 Å². The van der Waals surface area contributed by atoms with Crippen molar-refractivity contribution in [1.82, 2.24) is 9.97 Å². The van der Waals surface area contributed by atoms with Crippen molar-refractivity contribution in [3.05, 3.63) is 47.1 Å². The molecule has 0 atom stereocenters. The maximum Gasteiger partial charge on any atom is 0.185 e. The summed E-state index contributed by atoms with van der Waals surface area (Å²) in [5.41, 5.74) is 0.197. The quantitative estimate of drug-likeness (QED) is 0.761. The number of hydrogen-bond donors (Lipinski definition) is 0. The van der Waals surface area contributed by atoms with Crippen LogP contribution in [-0.4, -0.2) is 9.97 Å². The largest absolute Gasteiger partial charge is 0.233 e. The third kappa shape index (κ3) is 1.73. The summed E-state index contributed by atoms with van der Waals surface area (Å²) in [6, 6.07) is 8.37. The fourth-order valence-corrected chi connectivity index (χ4v) is 1.51. The molecule has 5 heteroatoms. The highest BCUT2D eigenvalue weighted by Crippen LogP contribution is 2.28. The number of nitriles is 1. The highest BCUT2D eigenvalue weighted by molar-refractivity contribution is 6.33. The minimum atomic E-state index is -0.752. The molecule has 0 amide bonds. The van der Waals surface area contributed by atoms with Crippen LogP contribution in [0.2, 0.25) is 5.02 Å². The Labute approximate surface area is 96.2 Å². The molecule has 2 rings (SSSR count). The Morgan fingerprint density at radius 1 is 1.25 bits per heavy atom. The van der Waals surface area contributed by atoms with Crippen LogP contribution in [0.5, 0.6) is 0 Å². The minimum Gasteiger partial charge on any atom is -0.233 e. The van der Waals surface area contributed by atoms with Gasteiger partial charge in [-0.05, 0) is 6.07 Å². The van der Waals surface area contributed by atoms with Crippen molar-refractivity contribution in [3.63, 3.8) is 0 Å². The van der Waals surface area contributed by atoms with Gasteiger partial charge in [0.1, 0.15) is 18.1 Å². The van der Waals surface area contributed by atoms with E-state index in [-0.39, 0.29) is 11.4 Å². The molecule has 0 aliphatic rings. The first kappa shape index (κ1) is 10.5. The number of rotatable bonds is 1. The van der Waals surface area contributed by atoms with Gasteiger partial charge in [0.2, 0.25) is 0 Å². The first-order chi connectivity index (χ1) is 7.74. The molecule has 1 aromatic carbocycles. The summed E-state index contributed by atoms with van der Waals surface area (Å²) in [4.78, 5) is 7.32. The van der Waals surface area contributed by atoms with Crippen LogP contribution in [0.15, 0.2) is 30.6 Å². The van der Waals surface area contributed by atoms with Gasteiger partial charge in [-0.25, -0.2) is 14.4 Å². The maximum atomic E-state index is 13.7. The van der Waals surface area contributed by atoms with Crippen LogP contribution in [0, 0.1) is 17.1 Å². The van der Waals surface area contributed by atoms with Gasteiger partial charge in [-0.1, -0.05) is 29.8 Å². The molecule has 0 saturated heterocycles. The summed E-state index contributed by atoms with van der Waals surface area (Å²) < 4.78 is 13.7. The SMILES string of the molecule is N#Cc1ncnc(-c2ccccc2Cl)c1F. The van der Waals surface area contributed by atoms with E-state index in [4.69, 9.17) is 16.9 Å². The topological polar surface area (TPSA) is 49.6 Å². The van der Waals surface area contributed by atoms with E-state index in [2.05, 4.69) is 9.97 Å². The van der Waals surface area contributed by atoms with Crippen molar-refractivity contribution in [3.8, 4) is 17.3 Å². The molecule has 1 aromatic heterocycles. The van der Waals surface area contributed by atoms with Crippen molar-refractivity contribution < 1.29 is 4.39 Å². The lowest BCUT2D eigenvalue weighted by Gasteiger charge is -2.04. The summed E-state index contributed by atoms with van der Waals surface area (Å²) in [5.74, 6) is -0.752. The zero-order chi connectivity index (χ0) is 11.5. The molecule has 0 fully saturated rings. The van der Waals surface area contributed by atoms with Crippen LogP contribution < -0.4 is 0 Å². The molecule has 0 bridgehead atoms. The van der Waals surface area contributed by atoms with E-state index in [1.54, 1.807) is 30.3 Å². The van der Waals surface area contributed by atoms with Crippen molar-refractivity contribution in [2.45, 2.75) is 0 Å². The molecule has 0 saturated carbocycles. The molecule has 0 aliphatic heterocycles. The van der Waals surface area contributed by atoms with Gasteiger partial charge >= 0.3 is 0 Å². The zero-order valence-corrected chi connectivity index (χ0v) is 8.74. The van der Waals surface area contributed by atoms with Gasteiger partial charge in [0, 0.05) is 5.56 Å². The highest BCUT2D eigenvalue weighted by Gasteiger charge is 2.14. The number of hydrogen-bond acceptors (Lipinski definition) is 3. The van der Waals surface area contributed by atoms with Gasteiger partial charge in [-0.3, -0.25) is 0 Å².